The molecule has 0 bridgehead atoms. The average Bonchev–Trinajstić information content (AvgIpc) is 3.07. The minimum atomic E-state index is -3.49. The summed E-state index contributed by atoms with van der Waals surface area (Å²) in [5.74, 6) is -1.10. The Hall–Kier alpha value is -2.50. The Labute approximate surface area is 181 Å². The Morgan fingerprint density at radius 3 is 2.65 bits per heavy atom. The van der Waals surface area contributed by atoms with Gasteiger partial charge in [0.05, 0.1) is 30.2 Å². The molecule has 31 heavy (non-hydrogen) atoms. The lowest BCUT2D eigenvalue weighted by Gasteiger charge is -2.48. The molecule has 1 aromatic carbocycles. The van der Waals surface area contributed by atoms with Crippen LogP contribution < -0.4 is 10.2 Å². The van der Waals surface area contributed by atoms with Crippen LogP contribution in [-0.4, -0.2) is 86.2 Å². The maximum absolute atomic E-state index is 13.1. The molecule has 2 saturated heterocycles. The quantitative estimate of drug-likeness (QED) is 0.640. The summed E-state index contributed by atoms with van der Waals surface area (Å²) in [7, 11) is -3.49. The maximum Gasteiger partial charge on any atom is 0.258 e. The third-order valence-electron chi connectivity index (χ3n) is 6.09. The van der Waals surface area contributed by atoms with Crippen LogP contribution in [0.5, 0.6) is 0 Å². The van der Waals surface area contributed by atoms with Gasteiger partial charge in [0.25, 0.3) is 5.91 Å². The number of amides is 3. The van der Waals surface area contributed by atoms with E-state index in [2.05, 4.69) is 5.32 Å². The van der Waals surface area contributed by atoms with Crippen molar-refractivity contribution in [3.63, 3.8) is 0 Å². The van der Waals surface area contributed by atoms with E-state index in [0.717, 1.165) is 0 Å². The van der Waals surface area contributed by atoms with Crippen LogP contribution in [0.4, 0.5) is 5.69 Å². The summed E-state index contributed by atoms with van der Waals surface area (Å²) in [6.07, 6.45) is 0.707. The molecule has 1 N–H and O–H groups in total. The molecule has 0 aliphatic carbocycles. The summed E-state index contributed by atoms with van der Waals surface area (Å²) in [4.78, 5) is 41.3. The Kier molecular flexibility index (Phi) is 5.75. The van der Waals surface area contributed by atoms with Gasteiger partial charge in [-0.05, 0) is 25.5 Å². The van der Waals surface area contributed by atoms with Crippen LogP contribution in [0.3, 0.4) is 0 Å². The minimum Gasteiger partial charge on any atom is -0.379 e. The normalized spacial score (nSPS) is 24.2. The predicted octanol–water partition coefficient (Wildman–Crippen LogP) is -0.236. The highest BCUT2D eigenvalue weighted by Crippen LogP contribution is 2.43. The number of carbonyl (C=O) groups is 3. The van der Waals surface area contributed by atoms with Crippen LogP contribution in [0.2, 0.25) is 0 Å². The van der Waals surface area contributed by atoms with Gasteiger partial charge >= 0.3 is 0 Å². The molecule has 0 aromatic heterocycles. The fourth-order valence-corrected chi connectivity index (χ4v) is 5.74. The molecule has 11 heteroatoms. The molecule has 3 heterocycles. The SMILES string of the molecule is CC12CCC(=O)N1c1ccccc1C(=O)N2CC(=O)NCCS(=O)(=O)N1CCOCC1. The molecule has 0 radical (unpaired) electrons. The van der Waals surface area contributed by atoms with Crippen molar-refractivity contribution in [2.24, 2.45) is 0 Å². The highest BCUT2D eigenvalue weighted by molar-refractivity contribution is 7.89. The zero-order valence-corrected chi connectivity index (χ0v) is 18.2. The van der Waals surface area contributed by atoms with E-state index in [1.807, 2.05) is 0 Å². The van der Waals surface area contributed by atoms with E-state index >= 15 is 0 Å². The molecule has 1 atom stereocenters. The van der Waals surface area contributed by atoms with E-state index in [9.17, 15) is 22.8 Å². The van der Waals surface area contributed by atoms with Crippen molar-refractivity contribution in [2.75, 3.05) is 50.0 Å². The molecule has 3 aliphatic rings. The van der Waals surface area contributed by atoms with Crippen LogP contribution in [-0.2, 0) is 24.3 Å². The molecule has 3 amide bonds. The number of nitrogens with one attached hydrogen (secondary N) is 1. The second-order valence-corrected chi connectivity index (χ2v) is 10.1. The molecular formula is C20H26N4O6S. The summed E-state index contributed by atoms with van der Waals surface area (Å²) in [5, 5.41) is 2.60. The van der Waals surface area contributed by atoms with Gasteiger partial charge in [0, 0.05) is 26.1 Å². The number of fused-ring (bicyclic) bond motifs is 3. The first-order valence-corrected chi connectivity index (χ1v) is 11.9. The Morgan fingerprint density at radius 1 is 1.19 bits per heavy atom. The van der Waals surface area contributed by atoms with Gasteiger partial charge in [-0.3, -0.25) is 19.3 Å². The topological polar surface area (TPSA) is 116 Å². The van der Waals surface area contributed by atoms with Crippen molar-refractivity contribution in [1.29, 1.82) is 0 Å². The highest BCUT2D eigenvalue weighted by atomic mass is 32.2. The number of sulfonamides is 1. The third kappa shape index (κ3) is 3.92. The molecule has 1 unspecified atom stereocenters. The van der Waals surface area contributed by atoms with Gasteiger partial charge in [0.2, 0.25) is 21.8 Å². The highest BCUT2D eigenvalue weighted by Gasteiger charge is 2.53. The summed E-state index contributed by atoms with van der Waals surface area (Å²) in [6.45, 7) is 2.79. The van der Waals surface area contributed by atoms with E-state index in [1.54, 1.807) is 36.1 Å². The first-order chi connectivity index (χ1) is 14.7. The molecule has 1 aromatic rings. The lowest BCUT2D eigenvalue weighted by molar-refractivity contribution is -0.123. The number of ether oxygens (including phenoxy) is 1. The lowest BCUT2D eigenvalue weighted by atomic mass is 9.98. The van der Waals surface area contributed by atoms with Crippen LogP contribution in [0.15, 0.2) is 24.3 Å². The van der Waals surface area contributed by atoms with Crippen LogP contribution in [0.25, 0.3) is 0 Å². The first kappa shape index (κ1) is 21.7. The number of benzene rings is 1. The van der Waals surface area contributed by atoms with Crippen molar-refractivity contribution in [1.82, 2.24) is 14.5 Å². The van der Waals surface area contributed by atoms with Gasteiger partial charge in [-0.2, -0.15) is 4.31 Å². The Morgan fingerprint density at radius 2 is 1.90 bits per heavy atom. The Bertz CT molecular complexity index is 1010. The van der Waals surface area contributed by atoms with Gasteiger partial charge in [-0.15, -0.1) is 0 Å². The summed E-state index contributed by atoms with van der Waals surface area (Å²) < 4.78 is 31.3. The van der Waals surface area contributed by atoms with Gasteiger partial charge in [-0.1, -0.05) is 12.1 Å². The molecule has 0 saturated carbocycles. The maximum atomic E-state index is 13.1. The van der Waals surface area contributed by atoms with Crippen LogP contribution in [0, 0.1) is 0 Å². The third-order valence-corrected chi connectivity index (χ3v) is 7.96. The van der Waals surface area contributed by atoms with Crippen molar-refractivity contribution in [3.8, 4) is 0 Å². The molecule has 168 valence electrons. The van der Waals surface area contributed by atoms with Crippen molar-refractivity contribution >= 4 is 33.4 Å². The van der Waals surface area contributed by atoms with Gasteiger partial charge in [-0.25, -0.2) is 8.42 Å². The van der Waals surface area contributed by atoms with Gasteiger partial charge in [0.1, 0.15) is 12.2 Å². The smallest absolute Gasteiger partial charge is 0.258 e. The largest absolute Gasteiger partial charge is 0.379 e. The number of nitrogens with zero attached hydrogens (tertiary/aromatic N) is 3. The van der Waals surface area contributed by atoms with E-state index in [0.29, 0.717) is 44.0 Å². The summed E-state index contributed by atoms with van der Waals surface area (Å²) in [5.41, 5.74) is 0.00315. The first-order valence-electron chi connectivity index (χ1n) is 10.3. The molecular weight excluding hydrogens is 424 g/mol. The van der Waals surface area contributed by atoms with Crippen LogP contribution in [0.1, 0.15) is 30.1 Å². The predicted molar refractivity (Wildman–Crippen MR) is 112 cm³/mol. The fourth-order valence-electron chi connectivity index (χ4n) is 4.41. The summed E-state index contributed by atoms with van der Waals surface area (Å²) >= 11 is 0. The van der Waals surface area contributed by atoms with E-state index in [-0.39, 0.29) is 37.1 Å². The lowest BCUT2D eigenvalue weighted by Crippen LogP contribution is -2.64. The van der Waals surface area contributed by atoms with Crippen molar-refractivity contribution in [3.05, 3.63) is 29.8 Å². The number of hydrogen-bond donors (Lipinski definition) is 1. The van der Waals surface area contributed by atoms with Gasteiger partial charge < -0.3 is 15.0 Å². The second kappa shape index (κ2) is 8.21. The van der Waals surface area contributed by atoms with Crippen molar-refractivity contribution < 1.29 is 27.5 Å². The molecule has 2 fully saturated rings. The zero-order chi connectivity index (χ0) is 22.2. The summed E-state index contributed by atoms with van der Waals surface area (Å²) in [6, 6.07) is 6.87. The standard InChI is InChI=1S/C20H26N4O6S/c1-20-7-6-18(26)24(20)16-5-3-2-4-15(16)19(27)23(20)14-17(25)21-8-13-31(28,29)22-9-11-30-12-10-22/h2-5H,6-14H2,1H3,(H,21,25). The van der Waals surface area contributed by atoms with E-state index < -0.39 is 21.6 Å². The zero-order valence-electron chi connectivity index (χ0n) is 17.4. The van der Waals surface area contributed by atoms with E-state index in [4.69, 9.17) is 4.74 Å². The number of carbonyl (C=O) groups excluding carboxylic acids is 3. The number of morpholine rings is 1. The Balaban J connectivity index is 1.43. The number of hydrogen-bond acceptors (Lipinski definition) is 6. The molecule has 0 spiro atoms. The van der Waals surface area contributed by atoms with Crippen molar-refractivity contribution in [2.45, 2.75) is 25.4 Å². The van der Waals surface area contributed by atoms with Crippen LogP contribution >= 0.6 is 0 Å². The monoisotopic (exact) mass is 450 g/mol. The molecule has 3 aliphatic heterocycles. The number of para-hydroxylation sites is 1. The number of rotatable bonds is 6. The molecule has 4 rings (SSSR count). The minimum absolute atomic E-state index is 0.0590. The number of anilines is 1. The fraction of sp³-hybridized carbons (Fsp3) is 0.550. The second-order valence-electron chi connectivity index (χ2n) is 8.03. The van der Waals surface area contributed by atoms with Gasteiger partial charge in [0.15, 0.2) is 0 Å². The molecule has 10 nitrogen and oxygen atoms in total. The average molecular weight is 451 g/mol. The van der Waals surface area contributed by atoms with E-state index in [1.165, 1.54) is 9.21 Å².